The molecular formula is C11H15BrClFN2O2S. The molecule has 1 fully saturated rings. The van der Waals surface area contributed by atoms with Crippen molar-refractivity contribution >= 4 is 38.4 Å². The van der Waals surface area contributed by atoms with E-state index in [0.717, 1.165) is 25.5 Å². The third-order valence-corrected chi connectivity index (χ3v) is 4.91. The summed E-state index contributed by atoms with van der Waals surface area (Å²) in [5, 5.41) is 3.20. The first-order valence-corrected chi connectivity index (χ1v) is 7.95. The normalized spacial score (nSPS) is 19.2. The Bertz CT molecular complexity index is 535. The van der Waals surface area contributed by atoms with Crippen molar-refractivity contribution in [2.24, 2.45) is 0 Å². The maximum atomic E-state index is 13.0. The van der Waals surface area contributed by atoms with Crippen LogP contribution in [0.25, 0.3) is 0 Å². The first-order chi connectivity index (χ1) is 8.49. The second-order valence-corrected chi connectivity index (χ2v) is 6.84. The molecule has 1 aromatic rings. The lowest BCUT2D eigenvalue weighted by molar-refractivity contribution is 0.551. The maximum Gasteiger partial charge on any atom is 0.240 e. The van der Waals surface area contributed by atoms with Crippen molar-refractivity contribution in [3.05, 3.63) is 28.5 Å². The summed E-state index contributed by atoms with van der Waals surface area (Å²) in [4.78, 5) is 0.0637. The van der Waals surface area contributed by atoms with Crippen LogP contribution in [0.1, 0.15) is 12.8 Å². The Morgan fingerprint density at radius 1 is 1.47 bits per heavy atom. The SMILES string of the molecule is Cl.O=S(=O)(NCC1CCCN1)c1ccc(F)c(Br)c1. The summed E-state index contributed by atoms with van der Waals surface area (Å²) in [5.74, 6) is -0.480. The van der Waals surface area contributed by atoms with E-state index < -0.39 is 15.8 Å². The molecule has 0 radical (unpaired) electrons. The predicted octanol–water partition coefficient (Wildman–Crippen LogP) is 2.04. The van der Waals surface area contributed by atoms with E-state index in [1.165, 1.54) is 12.1 Å². The molecule has 0 saturated carbocycles. The summed E-state index contributed by atoms with van der Waals surface area (Å²) < 4.78 is 39.7. The molecule has 0 bridgehead atoms. The molecule has 1 aliphatic heterocycles. The zero-order valence-electron chi connectivity index (χ0n) is 10.0. The lowest BCUT2D eigenvalue weighted by Crippen LogP contribution is -2.37. The molecular weight excluding hydrogens is 359 g/mol. The molecule has 108 valence electrons. The van der Waals surface area contributed by atoms with Crippen LogP contribution >= 0.6 is 28.3 Å². The summed E-state index contributed by atoms with van der Waals surface area (Å²) in [6.45, 7) is 1.28. The van der Waals surface area contributed by atoms with E-state index in [1.807, 2.05) is 0 Å². The van der Waals surface area contributed by atoms with Crippen LogP contribution < -0.4 is 10.0 Å². The number of nitrogens with one attached hydrogen (secondary N) is 2. The van der Waals surface area contributed by atoms with Gasteiger partial charge in [0.1, 0.15) is 5.82 Å². The van der Waals surface area contributed by atoms with E-state index in [4.69, 9.17) is 0 Å². The van der Waals surface area contributed by atoms with Crippen molar-refractivity contribution in [3.63, 3.8) is 0 Å². The second kappa shape index (κ2) is 6.99. The summed E-state index contributed by atoms with van der Waals surface area (Å²) in [7, 11) is -3.57. The number of sulfonamides is 1. The first kappa shape index (κ1) is 16.8. The number of hydrogen-bond acceptors (Lipinski definition) is 3. The molecule has 1 heterocycles. The Hall–Kier alpha value is -0.210. The van der Waals surface area contributed by atoms with Crippen molar-refractivity contribution < 1.29 is 12.8 Å². The minimum absolute atomic E-state index is 0. The molecule has 2 N–H and O–H groups in total. The molecule has 1 aliphatic rings. The Morgan fingerprint density at radius 2 is 2.21 bits per heavy atom. The van der Waals surface area contributed by atoms with Gasteiger partial charge in [0.2, 0.25) is 10.0 Å². The highest BCUT2D eigenvalue weighted by molar-refractivity contribution is 9.10. The van der Waals surface area contributed by atoms with Crippen molar-refractivity contribution in [1.29, 1.82) is 0 Å². The monoisotopic (exact) mass is 372 g/mol. The molecule has 0 amide bonds. The van der Waals surface area contributed by atoms with Crippen molar-refractivity contribution in [1.82, 2.24) is 10.0 Å². The van der Waals surface area contributed by atoms with Crippen LogP contribution in [0.5, 0.6) is 0 Å². The summed E-state index contributed by atoms with van der Waals surface area (Å²) >= 11 is 2.98. The van der Waals surface area contributed by atoms with Crippen LogP contribution in [-0.2, 0) is 10.0 Å². The van der Waals surface area contributed by atoms with Crippen LogP contribution in [0.2, 0.25) is 0 Å². The van der Waals surface area contributed by atoms with Crippen molar-refractivity contribution in [2.45, 2.75) is 23.8 Å². The summed E-state index contributed by atoms with van der Waals surface area (Å²) in [6.07, 6.45) is 2.03. The lowest BCUT2D eigenvalue weighted by Gasteiger charge is -2.12. The zero-order chi connectivity index (χ0) is 13.2. The van der Waals surface area contributed by atoms with Gasteiger partial charge in [0.05, 0.1) is 9.37 Å². The highest BCUT2D eigenvalue weighted by Crippen LogP contribution is 2.20. The Morgan fingerprint density at radius 3 is 2.79 bits per heavy atom. The minimum Gasteiger partial charge on any atom is -0.313 e. The third-order valence-electron chi connectivity index (χ3n) is 2.88. The number of halogens is 3. The van der Waals surface area contributed by atoms with Gasteiger partial charge < -0.3 is 5.32 Å². The molecule has 1 unspecified atom stereocenters. The van der Waals surface area contributed by atoms with Crippen LogP contribution in [0, 0.1) is 5.82 Å². The van der Waals surface area contributed by atoms with Gasteiger partial charge in [-0.3, -0.25) is 0 Å². The summed E-state index contributed by atoms with van der Waals surface area (Å²) in [6, 6.07) is 3.83. The number of hydrogen-bond donors (Lipinski definition) is 2. The predicted molar refractivity (Wildman–Crippen MR) is 77.6 cm³/mol. The highest BCUT2D eigenvalue weighted by Gasteiger charge is 2.19. The molecule has 1 aromatic carbocycles. The summed E-state index contributed by atoms with van der Waals surface area (Å²) in [5.41, 5.74) is 0. The van der Waals surface area contributed by atoms with Gasteiger partial charge in [-0.1, -0.05) is 0 Å². The van der Waals surface area contributed by atoms with Crippen molar-refractivity contribution in [2.75, 3.05) is 13.1 Å². The lowest BCUT2D eigenvalue weighted by atomic mass is 10.2. The van der Waals surface area contributed by atoms with Gasteiger partial charge in [-0.25, -0.2) is 17.5 Å². The highest BCUT2D eigenvalue weighted by atomic mass is 79.9. The molecule has 0 aromatic heterocycles. The first-order valence-electron chi connectivity index (χ1n) is 5.67. The smallest absolute Gasteiger partial charge is 0.240 e. The van der Waals surface area contributed by atoms with E-state index in [9.17, 15) is 12.8 Å². The van der Waals surface area contributed by atoms with Gasteiger partial charge in [-0.2, -0.15) is 0 Å². The number of benzene rings is 1. The molecule has 19 heavy (non-hydrogen) atoms. The van der Waals surface area contributed by atoms with E-state index in [1.54, 1.807) is 0 Å². The topological polar surface area (TPSA) is 58.2 Å². The molecule has 8 heteroatoms. The van der Waals surface area contributed by atoms with Gasteiger partial charge >= 0.3 is 0 Å². The van der Waals surface area contributed by atoms with Gasteiger partial charge in [0.25, 0.3) is 0 Å². The van der Waals surface area contributed by atoms with Gasteiger partial charge in [-0.05, 0) is 53.5 Å². The zero-order valence-corrected chi connectivity index (χ0v) is 13.2. The fourth-order valence-corrected chi connectivity index (χ4v) is 3.51. The Balaban J connectivity index is 0.00000180. The van der Waals surface area contributed by atoms with Gasteiger partial charge in [-0.15, -0.1) is 12.4 Å². The molecule has 1 saturated heterocycles. The molecule has 1 atom stereocenters. The fraction of sp³-hybridized carbons (Fsp3) is 0.455. The fourth-order valence-electron chi connectivity index (χ4n) is 1.87. The van der Waals surface area contributed by atoms with E-state index in [2.05, 4.69) is 26.0 Å². The Labute approximate surface area is 126 Å². The molecule has 0 aliphatic carbocycles. The van der Waals surface area contributed by atoms with Gasteiger partial charge in [0, 0.05) is 12.6 Å². The van der Waals surface area contributed by atoms with Crippen molar-refractivity contribution in [3.8, 4) is 0 Å². The quantitative estimate of drug-likeness (QED) is 0.849. The van der Waals surface area contributed by atoms with Crippen LogP contribution in [0.3, 0.4) is 0 Å². The molecule has 2 rings (SSSR count). The standard InChI is InChI=1S/C11H14BrFN2O2S.ClH/c12-10-6-9(3-4-11(10)13)18(16,17)15-7-8-2-1-5-14-8;/h3-4,6,8,14-15H,1-2,5,7H2;1H. The van der Waals surface area contributed by atoms with E-state index in [0.29, 0.717) is 6.54 Å². The third kappa shape index (κ3) is 4.39. The van der Waals surface area contributed by atoms with E-state index >= 15 is 0 Å². The maximum absolute atomic E-state index is 13.0. The average Bonchev–Trinajstić information content (AvgIpc) is 2.83. The molecule has 0 spiro atoms. The van der Waals surface area contributed by atoms with Gasteiger partial charge in [0.15, 0.2) is 0 Å². The molecule has 4 nitrogen and oxygen atoms in total. The second-order valence-electron chi connectivity index (χ2n) is 4.22. The minimum atomic E-state index is -3.57. The Kier molecular flexibility index (Phi) is 6.19. The van der Waals surface area contributed by atoms with Crippen LogP contribution in [0.15, 0.2) is 27.6 Å². The van der Waals surface area contributed by atoms with E-state index in [-0.39, 0.29) is 27.8 Å². The number of rotatable bonds is 4. The average molecular weight is 374 g/mol. The van der Waals surface area contributed by atoms with Crippen LogP contribution in [-0.4, -0.2) is 27.5 Å². The largest absolute Gasteiger partial charge is 0.313 e. The van der Waals surface area contributed by atoms with Crippen LogP contribution in [0.4, 0.5) is 4.39 Å².